The molecular formula is C21H31N3O6S. The number of anilines is 1. The molecule has 2 aliphatic rings. The number of amides is 1. The van der Waals surface area contributed by atoms with Crippen LogP contribution in [0.1, 0.15) is 58.4 Å². The Morgan fingerprint density at radius 2 is 1.97 bits per heavy atom. The molecule has 1 aromatic rings. The summed E-state index contributed by atoms with van der Waals surface area (Å²) in [5.74, 6) is -0.724. The summed E-state index contributed by atoms with van der Waals surface area (Å²) in [6, 6.07) is 4.80. The Kier molecular flexibility index (Phi) is 6.59. The van der Waals surface area contributed by atoms with Crippen molar-refractivity contribution in [3.63, 3.8) is 0 Å². The number of ether oxygens (including phenoxy) is 1. The van der Waals surface area contributed by atoms with Crippen LogP contribution in [0.25, 0.3) is 0 Å². The van der Waals surface area contributed by atoms with Crippen molar-refractivity contribution in [2.75, 3.05) is 10.8 Å². The number of hydrogen-bond acceptors (Lipinski definition) is 6. The number of aliphatic hydroxyl groups is 1. The van der Waals surface area contributed by atoms with E-state index in [1.54, 1.807) is 6.07 Å². The lowest BCUT2D eigenvalue weighted by Gasteiger charge is -2.32. The number of rotatable bonds is 4. The Balaban J connectivity index is 1.70. The number of nitrogens with one attached hydrogen (secondary N) is 1. The zero-order valence-electron chi connectivity index (χ0n) is 18.2. The molecule has 0 aromatic heterocycles. The maximum atomic E-state index is 12.7. The second-order valence-electron chi connectivity index (χ2n) is 8.96. The van der Waals surface area contributed by atoms with Crippen LogP contribution in [0.5, 0.6) is 5.75 Å². The van der Waals surface area contributed by atoms with Crippen molar-refractivity contribution in [2.24, 2.45) is 0 Å². The fraction of sp³-hybridized carbons (Fsp3) is 0.571. The molecule has 1 aromatic carbocycles. The number of carbonyl (C=O) groups excluding carboxylic acids is 1. The Labute approximate surface area is 183 Å². The maximum Gasteiger partial charge on any atom is 0.410 e. The molecule has 0 bridgehead atoms. The number of likely N-dealkylation sites (tertiary alicyclic amines) is 1. The van der Waals surface area contributed by atoms with Crippen LogP contribution in [-0.4, -0.2) is 47.8 Å². The van der Waals surface area contributed by atoms with Gasteiger partial charge in [0.15, 0.2) is 0 Å². The van der Waals surface area contributed by atoms with Gasteiger partial charge < -0.3 is 19.8 Å². The fourth-order valence-corrected chi connectivity index (χ4v) is 4.94. The van der Waals surface area contributed by atoms with E-state index in [9.17, 15) is 23.4 Å². The van der Waals surface area contributed by atoms with Gasteiger partial charge in [-0.1, -0.05) is 18.9 Å². The smallest absolute Gasteiger partial charge is 0.410 e. The molecule has 2 aliphatic heterocycles. The topological polar surface area (TPSA) is 119 Å². The summed E-state index contributed by atoms with van der Waals surface area (Å²) >= 11 is 0. The molecule has 0 aliphatic carbocycles. The molecule has 0 radical (unpaired) electrons. The Bertz CT molecular complexity index is 954. The Hall–Kier alpha value is -2.62. The van der Waals surface area contributed by atoms with Gasteiger partial charge in [-0.05, 0) is 64.2 Å². The van der Waals surface area contributed by atoms with E-state index in [-0.39, 0.29) is 23.6 Å². The molecule has 0 saturated carbocycles. The second kappa shape index (κ2) is 8.86. The van der Waals surface area contributed by atoms with Crippen LogP contribution < -0.4 is 9.03 Å². The van der Waals surface area contributed by atoms with E-state index in [4.69, 9.17) is 4.74 Å². The normalized spacial score (nSPS) is 21.3. The third-order valence-corrected chi connectivity index (χ3v) is 6.57. The van der Waals surface area contributed by atoms with Gasteiger partial charge in [-0.3, -0.25) is 0 Å². The molecule has 172 valence electrons. The lowest BCUT2D eigenvalue weighted by Crippen LogP contribution is -2.43. The number of phenolic OH excluding ortho intramolecular Hbond substituents is 1. The van der Waals surface area contributed by atoms with Gasteiger partial charge in [-0.25, -0.2) is 13.8 Å². The van der Waals surface area contributed by atoms with Crippen LogP contribution in [0.3, 0.4) is 0 Å². The highest BCUT2D eigenvalue weighted by molar-refractivity contribution is 7.91. The highest BCUT2D eigenvalue weighted by Gasteiger charge is 2.31. The summed E-state index contributed by atoms with van der Waals surface area (Å²) in [5, 5.41) is 19.8. The van der Waals surface area contributed by atoms with E-state index in [1.807, 2.05) is 30.4 Å². The Morgan fingerprint density at radius 3 is 2.58 bits per heavy atom. The first-order chi connectivity index (χ1) is 14.5. The van der Waals surface area contributed by atoms with Gasteiger partial charge >= 0.3 is 16.3 Å². The number of aryl methyl sites for hydroxylation is 1. The first-order valence-electron chi connectivity index (χ1n) is 10.5. The summed E-state index contributed by atoms with van der Waals surface area (Å²) in [6.07, 6.45) is 5.99. The zero-order valence-corrected chi connectivity index (χ0v) is 19.0. The molecule has 1 unspecified atom stereocenters. The van der Waals surface area contributed by atoms with Crippen molar-refractivity contribution in [1.29, 1.82) is 0 Å². The SMILES string of the molecule is CC(C)(C)OC(=O)N1CCCCCC1CCc1ccc(N2C=C(O)NS2(=O)=O)c(O)c1. The average molecular weight is 454 g/mol. The van der Waals surface area contributed by atoms with Crippen molar-refractivity contribution in [3.8, 4) is 5.75 Å². The van der Waals surface area contributed by atoms with E-state index < -0.39 is 21.7 Å². The van der Waals surface area contributed by atoms with Crippen LogP contribution in [-0.2, 0) is 21.4 Å². The predicted octanol–water partition coefficient (Wildman–Crippen LogP) is 3.52. The number of nitrogens with zero attached hydrogens (tertiary/aromatic N) is 2. The van der Waals surface area contributed by atoms with E-state index in [1.165, 1.54) is 12.1 Å². The number of benzene rings is 1. The molecular weight excluding hydrogens is 422 g/mol. The molecule has 31 heavy (non-hydrogen) atoms. The lowest BCUT2D eigenvalue weighted by atomic mass is 10.0. The highest BCUT2D eigenvalue weighted by Crippen LogP contribution is 2.33. The van der Waals surface area contributed by atoms with Crippen LogP contribution >= 0.6 is 0 Å². The molecule has 10 heteroatoms. The summed E-state index contributed by atoms with van der Waals surface area (Å²) in [7, 11) is -3.97. The molecule has 3 rings (SSSR count). The van der Waals surface area contributed by atoms with E-state index in [0.29, 0.717) is 19.4 Å². The van der Waals surface area contributed by atoms with Crippen molar-refractivity contribution in [1.82, 2.24) is 9.62 Å². The zero-order chi connectivity index (χ0) is 22.8. The predicted molar refractivity (Wildman–Crippen MR) is 117 cm³/mol. The highest BCUT2D eigenvalue weighted by atomic mass is 32.2. The minimum Gasteiger partial charge on any atom is -0.506 e. The number of phenols is 1. The van der Waals surface area contributed by atoms with E-state index >= 15 is 0 Å². The fourth-order valence-electron chi connectivity index (χ4n) is 3.87. The van der Waals surface area contributed by atoms with Crippen LogP contribution in [0.15, 0.2) is 30.3 Å². The minimum atomic E-state index is -3.97. The number of aliphatic hydroxyl groups excluding tert-OH is 1. The summed E-state index contributed by atoms with van der Waals surface area (Å²) in [6.45, 7) is 6.23. The van der Waals surface area contributed by atoms with Gasteiger partial charge in [0.05, 0.1) is 6.20 Å². The number of carbonyl (C=O) groups is 1. The summed E-state index contributed by atoms with van der Waals surface area (Å²) in [5.41, 5.74) is 0.320. The quantitative estimate of drug-likeness (QED) is 0.642. The number of hydrogen-bond donors (Lipinski definition) is 3. The van der Waals surface area contributed by atoms with E-state index in [2.05, 4.69) is 0 Å². The molecule has 0 spiro atoms. The monoisotopic (exact) mass is 453 g/mol. The molecule has 1 saturated heterocycles. The largest absolute Gasteiger partial charge is 0.506 e. The van der Waals surface area contributed by atoms with Gasteiger partial charge in [0.25, 0.3) is 0 Å². The lowest BCUT2D eigenvalue weighted by molar-refractivity contribution is 0.0158. The van der Waals surface area contributed by atoms with Gasteiger partial charge in [0.1, 0.15) is 17.0 Å². The van der Waals surface area contributed by atoms with Crippen molar-refractivity contribution in [3.05, 3.63) is 35.8 Å². The molecule has 1 amide bonds. The van der Waals surface area contributed by atoms with Gasteiger partial charge in [-0.2, -0.15) is 8.42 Å². The van der Waals surface area contributed by atoms with E-state index in [0.717, 1.165) is 41.8 Å². The maximum absolute atomic E-state index is 12.7. The van der Waals surface area contributed by atoms with Crippen LogP contribution in [0, 0.1) is 0 Å². The average Bonchev–Trinajstić information content (AvgIpc) is 2.81. The van der Waals surface area contributed by atoms with Crippen molar-refractivity contribution < 1.29 is 28.2 Å². The standard InChI is InChI=1S/C21H31N3O6S/c1-21(2,3)30-20(27)23-12-6-4-5-7-16(23)10-8-15-9-11-17(18(25)13-15)24-14-19(26)22-31(24,28)29/h9,11,13-14,16,22,25-26H,4-8,10,12H2,1-3H3. The van der Waals surface area contributed by atoms with Gasteiger partial charge in [0, 0.05) is 12.6 Å². The summed E-state index contributed by atoms with van der Waals surface area (Å²) < 4.78 is 32.4. The third kappa shape index (κ3) is 5.75. The molecule has 9 nitrogen and oxygen atoms in total. The van der Waals surface area contributed by atoms with Crippen LogP contribution in [0.4, 0.5) is 10.5 Å². The second-order valence-corrected chi connectivity index (χ2v) is 10.5. The van der Waals surface area contributed by atoms with Crippen molar-refractivity contribution in [2.45, 2.75) is 70.9 Å². The minimum absolute atomic E-state index is 0.0437. The molecule has 1 fully saturated rings. The molecule has 3 N–H and O–H groups in total. The summed E-state index contributed by atoms with van der Waals surface area (Å²) in [4.78, 5) is 14.5. The van der Waals surface area contributed by atoms with Gasteiger partial charge in [0.2, 0.25) is 5.88 Å². The Morgan fingerprint density at radius 1 is 1.23 bits per heavy atom. The number of aromatic hydroxyl groups is 1. The first-order valence-corrected chi connectivity index (χ1v) is 11.9. The van der Waals surface area contributed by atoms with Crippen molar-refractivity contribution >= 4 is 22.0 Å². The molecule has 1 atom stereocenters. The molecule has 2 heterocycles. The first kappa shape index (κ1) is 23.1. The third-order valence-electron chi connectivity index (χ3n) is 5.28. The van der Waals surface area contributed by atoms with Crippen LogP contribution in [0.2, 0.25) is 0 Å². The van der Waals surface area contributed by atoms with Gasteiger partial charge in [-0.15, -0.1) is 0 Å².